The molecule has 86 heavy (non-hydrogen) atoms. The molecule has 2 unspecified atom stereocenters. The largest absolute Gasteiger partial charge is 0.512 e. The minimum Gasteiger partial charge on any atom is -0.512 e. The Labute approximate surface area is 510 Å². The number of hydrogen-bond acceptors (Lipinski definition) is 11. The van der Waals surface area contributed by atoms with E-state index in [-0.39, 0.29) is 35.6 Å². The highest BCUT2D eigenvalue weighted by molar-refractivity contribution is 7.92. The van der Waals surface area contributed by atoms with Gasteiger partial charge in [-0.05, 0) is 136 Å². The van der Waals surface area contributed by atoms with Crippen LogP contribution in [0.15, 0.2) is 180 Å². The van der Waals surface area contributed by atoms with Gasteiger partial charge in [-0.3, -0.25) is 19.1 Å². The number of ketones is 1. The molecular weight excluding hydrogens is 1100 g/mol. The van der Waals surface area contributed by atoms with Crippen molar-refractivity contribution in [3.8, 4) is 0 Å². The number of benzene rings is 5. The number of aryl methyl sites for hydroxylation is 5. The number of cyclic esters (lactones) is 1. The number of aromatic nitrogens is 1. The van der Waals surface area contributed by atoms with E-state index < -0.39 is 50.7 Å². The van der Waals surface area contributed by atoms with Crippen LogP contribution >= 0.6 is 0 Å². The van der Waals surface area contributed by atoms with Crippen molar-refractivity contribution in [2.45, 2.75) is 198 Å². The monoisotopic (exact) mass is 1200 g/mol. The van der Waals surface area contributed by atoms with Gasteiger partial charge in [-0.2, -0.15) is 8.42 Å². The number of pyridine rings is 1. The maximum absolute atomic E-state index is 13.4. The number of aliphatic carboxylic acids is 2. The van der Waals surface area contributed by atoms with E-state index in [1.165, 1.54) is 17.8 Å². The van der Waals surface area contributed by atoms with Gasteiger partial charge in [0.15, 0.2) is 5.03 Å². The van der Waals surface area contributed by atoms with E-state index in [2.05, 4.69) is 34.0 Å². The SMILES string of the molecule is CCCC(=O)CCc1ccccc1.CCCC(O)(CCc1ccccc1)CC(=O)O.CCC[C@@](O)(CCc1ccccc1)CC(=O)O.CCC[C@@]1(CCc2ccccc2)CC(O)=C(C(CC)c2cccc(NS(=O)(=O)c3ccc(C)cn3)c2)C(=O)O1. The molecule has 0 radical (unpaired) electrons. The number of nitrogens with zero attached hydrogens (tertiary/aromatic N) is 1. The number of carbonyl (C=O) groups is 4. The lowest BCUT2D eigenvalue weighted by Crippen LogP contribution is -2.41. The molecule has 1 aliphatic rings. The summed E-state index contributed by atoms with van der Waals surface area (Å²) in [6.45, 7) is 11.8. The second-order valence-electron chi connectivity index (χ2n) is 22.5. The van der Waals surface area contributed by atoms with Gasteiger partial charge in [-0.1, -0.05) is 193 Å². The summed E-state index contributed by atoms with van der Waals surface area (Å²) in [5, 5.41) is 49.3. The fourth-order valence-electron chi connectivity index (χ4n) is 10.7. The topological polar surface area (TPSA) is 238 Å². The molecule has 0 saturated carbocycles. The number of anilines is 1. The first kappa shape index (κ1) is 71.0. The predicted octanol–water partition coefficient (Wildman–Crippen LogP) is 14.9. The zero-order valence-electron chi connectivity index (χ0n) is 51.3. The number of sulfonamides is 1. The third-order valence-corrected chi connectivity index (χ3v) is 16.4. The molecule has 0 spiro atoms. The Balaban J connectivity index is 0.000000278. The summed E-state index contributed by atoms with van der Waals surface area (Å²) in [4.78, 5) is 50.2. The average Bonchev–Trinajstić information content (AvgIpc) is 3.17. The van der Waals surface area contributed by atoms with E-state index in [4.69, 9.17) is 14.9 Å². The summed E-state index contributed by atoms with van der Waals surface area (Å²) in [7, 11) is -3.89. The molecular formula is C71H92N2O12S. The number of esters is 1. The number of Topliss-reactive ketones (excluding diaryl/α,β-unsaturated/α-hetero) is 1. The molecule has 6 N–H and O–H groups in total. The van der Waals surface area contributed by atoms with Gasteiger partial charge in [-0.15, -0.1) is 0 Å². The summed E-state index contributed by atoms with van der Waals surface area (Å²) < 4.78 is 34.4. The lowest BCUT2D eigenvalue weighted by Gasteiger charge is -2.38. The Kier molecular flexibility index (Phi) is 30.2. The van der Waals surface area contributed by atoms with E-state index in [9.17, 15) is 42.9 Å². The normalized spacial score (nSPS) is 15.5. The molecule has 0 aliphatic carbocycles. The molecule has 6 aromatic rings. The Morgan fingerprint density at radius 1 is 0.605 bits per heavy atom. The fourth-order valence-corrected chi connectivity index (χ4v) is 11.7. The number of nitrogens with one attached hydrogen (secondary N) is 1. The highest BCUT2D eigenvalue weighted by atomic mass is 32.2. The van der Waals surface area contributed by atoms with Crippen LogP contribution in [-0.4, -0.2) is 79.4 Å². The van der Waals surface area contributed by atoms with Crippen molar-refractivity contribution in [2.75, 3.05) is 4.72 Å². The highest BCUT2D eigenvalue weighted by Gasteiger charge is 2.43. The van der Waals surface area contributed by atoms with Gasteiger partial charge in [0.25, 0.3) is 10.0 Å². The minimum absolute atomic E-state index is 0.0504. The van der Waals surface area contributed by atoms with Crippen molar-refractivity contribution < 1.29 is 57.9 Å². The third kappa shape index (κ3) is 25.2. The van der Waals surface area contributed by atoms with Gasteiger partial charge in [-0.25, -0.2) is 9.78 Å². The summed E-state index contributed by atoms with van der Waals surface area (Å²) in [6, 6.07) is 49.9. The Morgan fingerprint density at radius 3 is 1.51 bits per heavy atom. The summed E-state index contributed by atoms with van der Waals surface area (Å²) in [5.41, 5.74) is 3.93. The molecule has 5 aromatic carbocycles. The molecule has 2 heterocycles. The maximum Gasteiger partial charge on any atom is 0.338 e. The van der Waals surface area contributed by atoms with Crippen LogP contribution in [0.2, 0.25) is 0 Å². The molecule has 1 aromatic heterocycles. The number of aliphatic hydroxyl groups excluding tert-OH is 1. The van der Waals surface area contributed by atoms with E-state index >= 15 is 0 Å². The first-order chi connectivity index (χ1) is 41.1. The Hall–Kier alpha value is -7.46. The van der Waals surface area contributed by atoms with Crippen molar-refractivity contribution in [1.29, 1.82) is 0 Å². The second kappa shape index (κ2) is 36.5. The predicted molar refractivity (Wildman–Crippen MR) is 340 cm³/mol. The van der Waals surface area contributed by atoms with Gasteiger partial charge in [0.05, 0.1) is 29.6 Å². The molecule has 0 amide bonds. The van der Waals surface area contributed by atoms with Crippen LogP contribution in [0.1, 0.15) is 177 Å². The number of ether oxygens (including phenoxy) is 1. The van der Waals surface area contributed by atoms with Crippen molar-refractivity contribution in [3.63, 3.8) is 0 Å². The van der Waals surface area contributed by atoms with Crippen LogP contribution in [0.3, 0.4) is 0 Å². The molecule has 0 saturated heterocycles. The molecule has 4 atom stereocenters. The lowest BCUT2D eigenvalue weighted by molar-refractivity contribution is -0.161. The van der Waals surface area contributed by atoms with E-state index in [1.807, 2.05) is 145 Å². The zero-order chi connectivity index (χ0) is 63.0. The van der Waals surface area contributed by atoms with Gasteiger partial charge in [0.2, 0.25) is 0 Å². The number of carbonyl (C=O) groups excluding carboxylic acids is 2. The molecule has 0 fully saturated rings. The van der Waals surface area contributed by atoms with Crippen LogP contribution in [0.25, 0.3) is 0 Å². The molecule has 15 heteroatoms. The molecule has 0 bridgehead atoms. The fraction of sp³-hybridized carbons (Fsp3) is 0.423. The van der Waals surface area contributed by atoms with Gasteiger partial charge in [0, 0.05) is 37.1 Å². The number of aliphatic hydroxyl groups is 3. The van der Waals surface area contributed by atoms with Crippen molar-refractivity contribution in [2.24, 2.45) is 0 Å². The van der Waals surface area contributed by atoms with Crippen molar-refractivity contribution in [3.05, 3.63) is 209 Å². The first-order valence-corrected chi connectivity index (χ1v) is 31.8. The van der Waals surface area contributed by atoms with Gasteiger partial charge < -0.3 is 30.3 Å². The average molecular weight is 1200 g/mol. The van der Waals surface area contributed by atoms with Gasteiger partial charge in [0.1, 0.15) is 17.1 Å². The van der Waals surface area contributed by atoms with Crippen molar-refractivity contribution >= 4 is 39.4 Å². The van der Waals surface area contributed by atoms with Crippen molar-refractivity contribution in [1.82, 2.24) is 4.98 Å². The van der Waals surface area contributed by atoms with Crippen LogP contribution in [0.5, 0.6) is 0 Å². The zero-order valence-corrected chi connectivity index (χ0v) is 52.1. The first-order valence-electron chi connectivity index (χ1n) is 30.4. The van der Waals surface area contributed by atoms with E-state index in [1.54, 1.807) is 24.3 Å². The minimum atomic E-state index is -3.89. The maximum atomic E-state index is 13.4. The van der Waals surface area contributed by atoms with Crippen LogP contribution < -0.4 is 4.72 Å². The molecule has 1 aliphatic heterocycles. The number of carboxylic acids is 2. The van der Waals surface area contributed by atoms with E-state index in [0.29, 0.717) is 81.2 Å². The lowest BCUT2D eigenvalue weighted by atomic mass is 9.80. The smallest absolute Gasteiger partial charge is 0.338 e. The summed E-state index contributed by atoms with van der Waals surface area (Å²) in [5.74, 6) is -2.40. The van der Waals surface area contributed by atoms with E-state index in [0.717, 1.165) is 67.2 Å². The number of rotatable bonds is 30. The highest BCUT2D eigenvalue weighted by Crippen LogP contribution is 2.42. The van der Waals surface area contributed by atoms with Crippen LogP contribution in [0.4, 0.5) is 5.69 Å². The molecule has 14 nitrogen and oxygen atoms in total. The van der Waals surface area contributed by atoms with Gasteiger partial charge >= 0.3 is 17.9 Å². The summed E-state index contributed by atoms with van der Waals surface area (Å²) >= 11 is 0. The number of hydrogen-bond donors (Lipinski definition) is 6. The Morgan fingerprint density at radius 2 is 1.09 bits per heavy atom. The van der Waals surface area contributed by atoms with Crippen LogP contribution in [-0.2, 0) is 59.6 Å². The number of carboxylic acid groups (broad SMARTS) is 2. The van der Waals surface area contributed by atoms with Crippen LogP contribution in [0, 0.1) is 6.92 Å². The second-order valence-corrected chi connectivity index (χ2v) is 24.2. The third-order valence-electron chi connectivity index (χ3n) is 15.1. The molecule has 464 valence electrons. The quantitative estimate of drug-likeness (QED) is 0.0230. The standard InChI is InChI=1S/C31H36N2O5S.2C14H20O3.C12H16O/c1-4-17-31(18-16-23-10-7-6-8-11-23)20-27(34)29(30(35)38-31)26(5-2)24-12-9-13-25(19-24)33-39(36,37)28-15-14-22(3)21-32-28;2*1-2-9-14(17,11-13(15)16)10-8-12-6-4-3-5-7-12;1-2-6-12(13)10-9-11-7-4-3-5-8-11/h6-15,19,21,26,33-34H,4-5,16-18,20H2,1-3H3;2*3-7,17H,2,8-11H2,1H3,(H,15,16);3-5,7-8H,2,6,9-10H2,1H3/t26?,31-;14-;;/m11../s1. The molecule has 7 rings (SSSR count). The summed E-state index contributed by atoms with van der Waals surface area (Å²) in [6.07, 6.45) is 13.1. The Bertz CT molecular complexity index is 3050.